The van der Waals surface area contributed by atoms with Gasteiger partial charge >= 0.3 is 0 Å². The first-order valence-electron chi connectivity index (χ1n) is 6.79. The Hall–Kier alpha value is -0.560. The summed E-state index contributed by atoms with van der Waals surface area (Å²) in [6.07, 6.45) is 7.78. The first-order chi connectivity index (χ1) is 7.76. The molecule has 0 aromatic carbocycles. The molecule has 0 fully saturated rings. The zero-order chi connectivity index (χ0) is 13.2. The molecule has 0 saturated carbocycles. The van der Waals surface area contributed by atoms with E-state index in [1.165, 1.54) is 12.0 Å². The van der Waals surface area contributed by atoms with Gasteiger partial charge in [-0.3, -0.25) is 0 Å². The topological polar surface area (TPSA) is 20.2 Å². The van der Waals surface area contributed by atoms with Gasteiger partial charge < -0.3 is 5.11 Å². The average Bonchev–Trinajstić information content (AvgIpc) is 2.23. The third-order valence-corrected chi connectivity index (χ3v) is 4.72. The summed E-state index contributed by atoms with van der Waals surface area (Å²) in [5.41, 5.74) is 1.79. The lowest BCUT2D eigenvalue weighted by Crippen LogP contribution is -2.33. The largest absolute Gasteiger partial charge is 0.393 e. The zero-order valence-corrected chi connectivity index (χ0v) is 12.2. The van der Waals surface area contributed by atoms with Crippen LogP contribution < -0.4 is 0 Å². The maximum absolute atomic E-state index is 9.53. The highest BCUT2D eigenvalue weighted by Gasteiger charge is 2.36. The number of aliphatic hydroxyl groups is 1. The highest BCUT2D eigenvalue weighted by Crippen LogP contribution is 2.45. The highest BCUT2D eigenvalue weighted by molar-refractivity contribution is 5.20. The fourth-order valence-corrected chi connectivity index (χ4v) is 2.53. The Labute approximate surface area is 107 Å². The van der Waals surface area contributed by atoms with Crippen LogP contribution in [0.3, 0.4) is 0 Å². The van der Waals surface area contributed by atoms with Crippen molar-refractivity contribution in [3.05, 3.63) is 23.8 Å². The smallest absolute Gasteiger partial charge is 0.0572 e. The lowest BCUT2D eigenvalue weighted by atomic mass is 9.63. The predicted molar refractivity (Wildman–Crippen MR) is 74.8 cm³/mol. The summed E-state index contributed by atoms with van der Waals surface area (Å²) in [4.78, 5) is 0. The molecule has 4 unspecified atom stereocenters. The Morgan fingerprint density at radius 1 is 1.41 bits per heavy atom. The van der Waals surface area contributed by atoms with E-state index >= 15 is 0 Å². The van der Waals surface area contributed by atoms with Crippen LogP contribution in [0, 0.1) is 23.2 Å². The molecule has 1 nitrogen and oxygen atoms in total. The van der Waals surface area contributed by atoms with Crippen LogP contribution in [0.25, 0.3) is 0 Å². The van der Waals surface area contributed by atoms with Gasteiger partial charge in [0.05, 0.1) is 6.10 Å². The molecular formula is C16H28O. The minimum atomic E-state index is -0.264. The number of hydrogen-bond donors (Lipinski definition) is 1. The Balaban J connectivity index is 2.87. The molecule has 0 heterocycles. The molecule has 0 aromatic rings. The Kier molecular flexibility index (Phi) is 4.60. The van der Waals surface area contributed by atoms with E-state index in [0.29, 0.717) is 17.3 Å². The second kappa shape index (κ2) is 5.39. The van der Waals surface area contributed by atoms with Crippen LogP contribution in [0.5, 0.6) is 0 Å². The van der Waals surface area contributed by atoms with Gasteiger partial charge in [-0.25, -0.2) is 0 Å². The minimum absolute atomic E-state index is 0.232. The lowest BCUT2D eigenvalue weighted by Gasteiger charge is -2.42. The Bertz CT molecular complexity index is 309. The van der Waals surface area contributed by atoms with Crippen molar-refractivity contribution >= 4 is 0 Å². The normalized spacial score (nSPS) is 32.3. The fraction of sp³-hybridized carbons (Fsp3) is 0.750. The summed E-state index contributed by atoms with van der Waals surface area (Å²) in [5, 5.41) is 9.53. The van der Waals surface area contributed by atoms with Gasteiger partial charge in [0.2, 0.25) is 0 Å². The molecule has 1 aliphatic carbocycles. The van der Waals surface area contributed by atoms with Gasteiger partial charge in [-0.1, -0.05) is 51.5 Å². The first-order valence-corrected chi connectivity index (χ1v) is 6.79. The third kappa shape index (κ3) is 3.22. The van der Waals surface area contributed by atoms with Gasteiger partial charge in [0, 0.05) is 5.92 Å². The van der Waals surface area contributed by atoms with Crippen molar-refractivity contribution in [1.82, 2.24) is 0 Å². The van der Waals surface area contributed by atoms with E-state index in [1.54, 1.807) is 0 Å². The summed E-state index contributed by atoms with van der Waals surface area (Å²) in [6, 6.07) is 0. The van der Waals surface area contributed by atoms with Crippen molar-refractivity contribution in [1.29, 1.82) is 0 Å². The number of aliphatic hydroxyl groups excluding tert-OH is 1. The molecule has 0 spiro atoms. The van der Waals surface area contributed by atoms with E-state index in [9.17, 15) is 5.11 Å². The van der Waals surface area contributed by atoms with E-state index in [0.717, 1.165) is 0 Å². The molecule has 17 heavy (non-hydrogen) atoms. The third-order valence-electron chi connectivity index (χ3n) is 4.72. The van der Waals surface area contributed by atoms with Gasteiger partial charge in [0.15, 0.2) is 0 Å². The van der Waals surface area contributed by atoms with Gasteiger partial charge in [-0.2, -0.15) is 0 Å². The maximum Gasteiger partial charge on any atom is 0.0572 e. The summed E-state index contributed by atoms with van der Waals surface area (Å²) in [7, 11) is 0. The van der Waals surface area contributed by atoms with E-state index in [1.807, 2.05) is 6.92 Å². The standard InChI is InChI=1S/C16H28O/c1-11(14(4)17)8-10-15-12(2)7-9-13(3)16(15,5)6/h7-8,10-11,13-15,17H,9H2,1-6H3/b10-8+. The van der Waals surface area contributed by atoms with Crippen molar-refractivity contribution < 1.29 is 5.11 Å². The number of rotatable bonds is 3. The van der Waals surface area contributed by atoms with Crippen molar-refractivity contribution in [3.8, 4) is 0 Å². The van der Waals surface area contributed by atoms with Crippen molar-refractivity contribution in [3.63, 3.8) is 0 Å². The summed E-state index contributed by atoms with van der Waals surface area (Å²) in [6.45, 7) is 13.2. The summed E-state index contributed by atoms with van der Waals surface area (Å²) < 4.78 is 0. The number of allylic oxidation sites excluding steroid dienone is 3. The fourth-order valence-electron chi connectivity index (χ4n) is 2.53. The van der Waals surface area contributed by atoms with Crippen LogP contribution in [0.4, 0.5) is 0 Å². The zero-order valence-electron chi connectivity index (χ0n) is 12.2. The van der Waals surface area contributed by atoms with Crippen LogP contribution in [-0.2, 0) is 0 Å². The number of hydrogen-bond acceptors (Lipinski definition) is 1. The van der Waals surface area contributed by atoms with Crippen molar-refractivity contribution in [2.45, 2.75) is 54.1 Å². The second-order valence-electron chi connectivity index (χ2n) is 6.37. The van der Waals surface area contributed by atoms with Gasteiger partial charge in [-0.05, 0) is 37.5 Å². The molecule has 0 bridgehead atoms. The minimum Gasteiger partial charge on any atom is -0.393 e. The summed E-state index contributed by atoms with van der Waals surface area (Å²) in [5.74, 6) is 1.45. The van der Waals surface area contributed by atoms with E-state index in [2.05, 4.69) is 52.8 Å². The van der Waals surface area contributed by atoms with Crippen LogP contribution >= 0.6 is 0 Å². The molecule has 0 radical (unpaired) electrons. The highest BCUT2D eigenvalue weighted by atomic mass is 16.3. The molecule has 1 heteroatoms. The van der Waals surface area contributed by atoms with Crippen LogP contribution in [0.15, 0.2) is 23.8 Å². The predicted octanol–water partition coefficient (Wildman–Crippen LogP) is 4.19. The molecular weight excluding hydrogens is 208 g/mol. The van der Waals surface area contributed by atoms with Gasteiger partial charge in [0.25, 0.3) is 0 Å². The Morgan fingerprint density at radius 2 is 2.00 bits per heavy atom. The average molecular weight is 236 g/mol. The molecule has 1 aliphatic rings. The molecule has 0 aliphatic heterocycles. The molecule has 0 aromatic heterocycles. The van der Waals surface area contributed by atoms with Crippen LogP contribution in [-0.4, -0.2) is 11.2 Å². The maximum atomic E-state index is 9.53. The van der Waals surface area contributed by atoms with Crippen LogP contribution in [0.1, 0.15) is 48.0 Å². The Morgan fingerprint density at radius 3 is 2.53 bits per heavy atom. The lowest BCUT2D eigenvalue weighted by molar-refractivity contribution is 0.152. The molecule has 1 N–H and O–H groups in total. The van der Waals surface area contributed by atoms with Crippen LogP contribution in [0.2, 0.25) is 0 Å². The molecule has 4 atom stereocenters. The van der Waals surface area contributed by atoms with Gasteiger partial charge in [-0.15, -0.1) is 0 Å². The molecule has 98 valence electrons. The van der Waals surface area contributed by atoms with E-state index in [-0.39, 0.29) is 12.0 Å². The van der Waals surface area contributed by atoms with E-state index in [4.69, 9.17) is 0 Å². The van der Waals surface area contributed by atoms with Crippen molar-refractivity contribution in [2.24, 2.45) is 23.2 Å². The molecule has 1 rings (SSSR count). The van der Waals surface area contributed by atoms with Gasteiger partial charge in [0.1, 0.15) is 0 Å². The summed E-state index contributed by atoms with van der Waals surface area (Å²) >= 11 is 0. The second-order valence-corrected chi connectivity index (χ2v) is 6.37. The molecule has 0 amide bonds. The monoisotopic (exact) mass is 236 g/mol. The molecule has 0 saturated heterocycles. The van der Waals surface area contributed by atoms with Crippen molar-refractivity contribution in [2.75, 3.05) is 0 Å². The first kappa shape index (κ1) is 14.5. The van der Waals surface area contributed by atoms with E-state index < -0.39 is 0 Å². The SMILES string of the molecule is CC1=CCC(C)C(C)(C)C1/C=C/C(C)C(C)O. The quantitative estimate of drug-likeness (QED) is 0.729.